The monoisotopic (exact) mass is 1450 g/mol. The lowest BCUT2D eigenvalue weighted by Gasteiger charge is -2.25. The lowest BCUT2D eigenvalue weighted by molar-refractivity contribution is -0.131. The van der Waals surface area contributed by atoms with Crippen LogP contribution in [0, 0.1) is 24.8 Å². The van der Waals surface area contributed by atoms with Gasteiger partial charge in [-0.2, -0.15) is 0 Å². The van der Waals surface area contributed by atoms with Crippen molar-refractivity contribution >= 4 is 160 Å². The molecule has 352 valence electrons. The average molecular weight is 1450 g/mol. The number of likely N-dealkylation sites (N-methyl/N-ethyl adjacent to an activating group) is 2. The van der Waals surface area contributed by atoms with Crippen LogP contribution in [0.2, 0.25) is 0 Å². The van der Waals surface area contributed by atoms with E-state index in [0.717, 1.165) is 9.80 Å². The number of nitrogens with one attached hydrogen (secondary N) is 4. The molecule has 2 aromatic rings. The molecule has 0 heterocycles. The number of rotatable bonds is 22. The minimum Gasteiger partial charge on any atom is -0.394 e. The van der Waals surface area contributed by atoms with E-state index in [1.807, 2.05) is 0 Å². The molecular weight excluding hydrogens is 1410 g/mol. The quantitative estimate of drug-likeness (QED) is 0.0436. The standard InChI is InChI=1S/C36H47I5N6O16/c1-13-18(22(37)20(35(62)46(2)7-14(52)9-48)25(40)27(13)44-33(60)29(56)16(54)11-50)31(58)42-5-4-6-43-32(59)19-23(38)21(36(63)47(3)8-15(53)10-49)26(41)28(24(19)39)45-34(61)30(57)17(55)12-51/h14-17,29-30,48-57H,4-12H2,1-3H3,(H,42,58)(H,43,59)(H,44,60)(H,45,61). The van der Waals surface area contributed by atoms with Gasteiger partial charge in [-0.15, -0.1) is 0 Å². The number of aliphatic hydroxyl groups is 10. The van der Waals surface area contributed by atoms with E-state index in [0.29, 0.717) is 0 Å². The van der Waals surface area contributed by atoms with Gasteiger partial charge in [-0.05, 0) is 132 Å². The maximum absolute atomic E-state index is 13.8. The Hall–Kier alpha value is -1.49. The average Bonchev–Trinajstić information content (AvgIpc) is 3.24. The fourth-order valence-corrected chi connectivity index (χ4v) is 12.6. The maximum atomic E-state index is 13.8. The molecule has 14 N–H and O–H groups in total. The third-order valence-corrected chi connectivity index (χ3v) is 14.4. The number of benzene rings is 2. The summed E-state index contributed by atoms with van der Waals surface area (Å²) in [5.41, 5.74) is -0.342. The molecule has 0 aromatic heterocycles. The summed E-state index contributed by atoms with van der Waals surface area (Å²) in [6.07, 6.45) is -10.4. The molecule has 6 amide bonds. The molecule has 0 radical (unpaired) electrons. The van der Waals surface area contributed by atoms with E-state index in [1.165, 1.54) is 21.0 Å². The van der Waals surface area contributed by atoms with Crippen molar-refractivity contribution in [3.05, 3.63) is 45.7 Å². The highest BCUT2D eigenvalue weighted by Crippen LogP contribution is 2.37. The van der Waals surface area contributed by atoms with Gasteiger partial charge in [0.15, 0.2) is 12.2 Å². The SMILES string of the molecule is Cc1c(NC(=O)C(O)C(O)CO)c(I)c(C(=O)N(C)CC(O)CO)c(I)c1C(=O)NCCCNC(=O)c1c(I)c(NC(=O)C(O)C(O)CO)c(I)c(C(=O)N(C)CC(O)CO)c1I. The fraction of sp³-hybridized carbons (Fsp3) is 0.500. The first-order valence-electron chi connectivity index (χ1n) is 18.4. The maximum Gasteiger partial charge on any atom is 0.256 e. The summed E-state index contributed by atoms with van der Waals surface area (Å²) in [5, 5.41) is 107. The highest BCUT2D eigenvalue weighted by Gasteiger charge is 2.34. The van der Waals surface area contributed by atoms with Crippen LogP contribution >= 0.6 is 113 Å². The third-order valence-electron chi connectivity index (χ3n) is 8.97. The number of carbonyl (C=O) groups excluding carboxylic acids is 6. The summed E-state index contributed by atoms with van der Waals surface area (Å²) in [4.78, 5) is 83.0. The Morgan fingerprint density at radius 3 is 1.27 bits per heavy atom. The Bertz CT molecular complexity index is 1890. The molecule has 63 heavy (non-hydrogen) atoms. The Morgan fingerprint density at radius 2 is 0.873 bits per heavy atom. The predicted molar refractivity (Wildman–Crippen MR) is 266 cm³/mol. The Labute approximate surface area is 428 Å². The van der Waals surface area contributed by atoms with Gasteiger partial charge < -0.3 is 82.1 Å². The lowest BCUT2D eigenvalue weighted by Crippen LogP contribution is -2.41. The molecule has 6 unspecified atom stereocenters. The number of hydrogen-bond donors (Lipinski definition) is 14. The van der Waals surface area contributed by atoms with E-state index >= 15 is 0 Å². The molecule has 0 aliphatic carbocycles. The molecule has 0 saturated heterocycles. The lowest BCUT2D eigenvalue weighted by atomic mass is 10.00. The first kappa shape index (κ1) is 57.6. The zero-order valence-corrected chi connectivity index (χ0v) is 44.3. The summed E-state index contributed by atoms with van der Waals surface area (Å²) >= 11 is 8.81. The Kier molecular flexibility index (Phi) is 24.5. The van der Waals surface area contributed by atoms with E-state index in [9.17, 15) is 79.8 Å². The van der Waals surface area contributed by atoms with E-state index in [4.69, 9.17) is 0 Å². The van der Waals surface area contributed by atoms with Crippen LogP contribution in [0.15, 0.2) is 0 Å². The zero-order valence-electron chi connectivity index (χ0n) is 33.5. The molecule has 27 heteroatoms. The molecule has 0 saturated carbocycles. The van der Waals surface area contributed by atoms with Gasteiger partial charge in [0, 0.05) is 47.4 Å². The van der Waals surface area contributed by atoms with Crippen molar-refractivity contribution in [3.8, 4) is 0 Å². The molecule has 6 atom stereocenters. The minimum absolute atomic E-state index is 0.0742. The van der Waals surface area contributed by atoms with Gasteiger partial charge in [0.1, 0.15) is 12.2 Å². The van der Waals surface area contributed by atoms with Crippen molar-refractivity contribution in [1.29, 1.82) is 0 Å². The summed E-state index contributed by atoms with van der Waals surface area (Å²) in [5.74, 6) is -5.20. The van der Waals surface area contributed by atoms with Crippen molar-refractivity contribution in [2.45, 2.75) is 50.0 Å². The molecule has 0 fully saturated rings. The van der Waals surface area contributed by atoms with Crippen molar-refractivity contribution in [2.24, 2.45) is 0 Å². The van der Waals surface area contributed by atoms with Gasteiger partial charge in [0.25, 0.3) is 35.4 Å². The van der Waals surface area contributed by atoms with Crippen LogP contribution in [0.1, 0.15) is 53.4 Å². The molecular formula is C36H47I5N6O16. The molecule has 2 rings (SSSR count). The van der Waals surface area contributed by atoms with Crippen molar-refractivity contribution in [1.82, 2.24) is 20.4 Å². The highest BCUT2D eigenvalue weighted by atomic mass is 127. The van der Waals surface area contributed by atoms with Gasteiger partial charge >= 0.3 is 0 Å². The highest BCUT2D eigenvalue weighted by molar-refractivity contribution is 14.1. The number of amides is 6. The second kappa shape index (κ2) is 26.7. The Balaban J connectivity index is 2.49. The third kappa shape index (κ3) is 14.7. The van der Waals surface area contributed by atoms with Crippen molar-refractivity contribution < 1.29 is 79.8 Å². The first-order chi connectivity index (χ1) is 29.4. The molecule has 0 spiro atoms. The number of carbonyl (C=O) groups is 6. The van der Waals surface area contributed by atoms with Crippen molar-refractivity contribution in [2.75, 3.05) is 77.3 Å². The van der Waals surface area contributed by atoms with Gasteiger partial charge in [-0.25, -0.2) is 0 Å². The molecule has 0 aliphatic heterocycles. The van der Waals surface area contributed by atoms with E-state index in [2.05, 4.69) is 21.3 Å². The number of nitrogens with zero attached hydrogens (tertiary/aromatic N) is 2. The van der Waals surface area contributed by atoms with Crippen LogP contribution in [0.4, 0.5) is 11.4 Å². The number of aliphatic hydroxyl groups excluding tert-OH is 10. The van der Waals surface area contributed by atoms with Crippen molar-refractivity contribution in [3.63, 3.8) is 0 Å². The largest absolute Gasteiger partial charge is 0.394 e. The van der Waals surface area contributed by atoms with Crippen LogP contribution in [-0.2, 0) is 9.59 Å². The van der Waals surface area contributed by atoms with Crippen LogP contribution in [0.5, 0.6) is 0 Å². The molecule has 22 nitrogen and oxygen atoms in total. The van der Waals surface area contributed by atoms with Gasteiger partial charge in [0.05, 0.1) is 83.0 Å². The Morgan fingerprint density at radius 1 is 0.524 bits per heavy atom. The fourth-order valence-electron chi connectivity index (χ4n) is 5.48. The summed E-state index contributed by atoms with van der Waals surface area (Å²) in [6, 6.07) is 0. The molecule has 0 bridgehead atoms. The minimum atomic E-state index is -2.09. The van der Waals surface area contributed by atoms with Gasteiger partial charge in [-0.1, -0.05) is 0 Å². The second-order valence-corrected chi connectivity index (χ2v) is 19.1. The topological polar surface area (TPSA) is 359 Å². The van der Waals surface area contributed by atoms with E-state index < -0.39 is 98.5 Å². The smallest absolute Gasteiger partial charge is 0.256 e. The van der Waals surface area contributed by atoms with Crippen LogP contribution in [-0.4, -0.2) is 200 Å². The van der Waals surface area contributed by atoms with E-state index in [1.54, 1.807) is 113 Å². The number of halogens is 5. The normalized spacial score (nSPS) is 14.1. The number of hydrogen-bond acceptors (Lipinski definition) is 16. The zero-order chi connectivity index (χ0) is 48.2. The predicted octanol–water partition coefficient (Wildman–Crippen LogP) is -2.28. The molecule has 2 aromatic carbocycles. The number of anilines is 2. The first-order valence-corrected chi connectivity index (χ1v) is 23.8. The summed E-state index contributed by atoms with van der Waals surface area (Å²) in [7, 11) is 2.68. The molecule has 0 aliphatic rings. The summed E-state index contributed by atoms with van der Waals surface area (Å²) in [6.45, 7) is -2.51. The second-order valence-electron chi connectivity index (χ2n) is 13.7. The van der Waals surface area contributed by atoms with Crippen LogP contribution < -0.4 is 21.3 Å². The summed E-state index contributed by atoms with van der Waals surface area (Å²) < 4.78 is 0.632. The van der Waals surface area contributed by atoms with Crippen LogP contribution in [0.3, 0.4) is 0 Å². The van der Waals surface area contributed by atoms with Crippen LogP contribution in [0.25, 0.3) is 0 Å². The van der Waals surface area contributed by atoms with Gasteiger partial charge in [-0.3, -0.25) is 28.8 Å². The van der Waals surface area contributed by atoms with Gasteiger partial charge in [0.2, 0.25) is 0 Å². The van der Waals surface area contributed by atoms with E-state index in [-0.39, 0.29) is 89.6 Å².